The number of halogens is 16. The summed E-state index contributed by atoms with van der Waals surface area (Å²) in [6.07, 6.45) is -20.0. The molecule has 136 heavy (non-hydrogen) atoms. The summed E-state index contributed by atoms with van der Waals surface area (Å²) in [6.45, 7) is 9.27. The summed E-state index contributed by atoms with van der Waals surface area (Å²) in [6, 6.07) is 53.1. The molecule has 712 valence electrons. The van der Waals surface area contributed by atoms with Gasteiger partial charge in [0.15, 0.2) is 0 Å². The first kappa shape index (κ1) is 101. The quantitative estimate of drug-likeness (QED) is 0.0315. The van der Waals surface area contributed by atoms with Crippen LogP contribution in [0, 0.1) is 45.1 Å². The zero-order valence-electron chi connectivity index (χ0n) is 72.9. The lowest BCUT2D eigenvalue weighted by molar-refractivity contribution is -0.138. The summed E-state index contributed by atoms with van der Waals surface area (Å²) in [7, 11) is 0. The number of hydrazone groups is 4. The van der Waals surface area contributed by atoms with Crippen molar-refractivity contribution in [1.29, 1.82) is 0 Å². The normalized spacial score (nSPS) is 15.9. The van der Waals surface area contributed by atoms with Gasteiger partial charge in [0.05, 0.1) is 91.5 Å². The number of Topliss-reactive ketones (excluding diaryl/α,β-unsaturated/α-hetero) is 2. The maximum Gasteiger partial charge on any atom is 0.431 e. The molecule has 0 aliphatic carbocycles. The number of aliphatic hydroxyl groups is 3. The van der Waals surface area contributed by atoms with Crippen LogP contribution in [0.3, 0.4) is 0 Å². The van der Waals surface area contributed by atoms with E-state index in [-0.39, 0.29) is 57.1 Å². The first-order valence-corrected chi connectivity index (χ1v) is 42.5. The van der Waals surface area contributed by atoms with Gasteiger partial charge in [0.25, 0.3) is 0 Å². The molecule has 0 saturated carbocycles. The van der Waals surface area contributed by atoms with Crippen LogP contribution in [0.5, 0.6) is 46.0 Å². The van der Waals surface area contributed by atoms with Crippen molar-refractivity contribution in [2.75, 3.05) is 20.0 Å². The maximum absolute atomic E-state index is 14.4. The summed E-state index contributed by atoms with van der Waals surface area (Å²) in [5.74, 6) is -0.252. The summed E-state index contributed by atoms with van der Waals surface area (Å²) in [4.78, 5) is 49.1. The van der Waals surface area contributed by atoms with Crippen LogP contribution >= 0.6 is 15.9 Å². The van der Waals surface area contributed by atoms with E-state index in [0.717, 1.165) is 37.4 Å². The Kier molecular flexibility index (Phi) is 32.0. The van der Waals surface area contributed by atoms with Crippen LogP contribution in [0.15, 0.2) is 243 Å². The lowest BCUT2D eigenvalue weighted by atomic mass is 9.98. The van der Waals surface area contributed by atoms with Crippen LogP contribution < -0.4 is 39.0 Å². The Balaban J connectivity index is 0.000000164. The van der Waals surface area contributed by atoms with E-state index >= 15 is 0 Å². The molecular weight excluding hydrogens is 1880 g/mol. The fourth-order valence-electron chi connectivity index (χ4n) is 15.0. The number of aromatic nitrogens is 1. The first-order valence-electron chi connectivity index (χ1n) is 41.7. The van der Waals surface area contributed by atoms with E-state index in [1.54, 1.807) is 160 Å². The zero-order chi connectivity index (χ0) is 98.6. The molecule has 4 aliphatic heterocycles. The van der Waals surface area contributed by atoms with Crippen LogP contribution in [0.25, 0.3) is 33.4 Å². The predicted molar refractivity (Wildman–Crippen MR) is 483 cm³/mol. The standard InChI is InChI=1S/C26H23F4N3O3.2C26H22F4N2O4.C20H18BrF3N2O2/c1-15-9-17(22-11-18(14-34)31-13-23(22)27)3-8-24(15)36-21-6-4-19(5-7-21)33-20(10-16(2)35)12-25(32-33)26(28,29)30;1-15-10-17(21-11-16(14-33)2-8-22(21)27)3-9-23(15)36-20-6-4-18(5-7-20)32-19(13-25(34)35)12-24(31-32)26(28,29)30;1-15-10-20(7-8-21(15)22-11-16(14-33)2-9-23(22)27)36-19-5-3-17(4-6-19)32-18(13-25(34)35)12-24(31-32)26(28,29)30;1-12-9-14(21)3-8-18(12)28-17-6-4-15(5-7-17)26-16(10-13(2)27)11-19(25-26)20(22,23)24/h3-9,11,13,20,34H,10,12,14H2,1-2H3;2-11,19,33H,12-14H2,1H3,(H,34,35);2-11,18,33H,12-14H2,1H3,(H,34,35);3-9,16H,10-11H2,1-2H3. The molecule has 22 nitrogen and oxygen atoms in total. The van der Waals surface area contributed by atoms with Crippen molar-refractivity contribution in [1.82, 2.24) is 4.98 Å². The molecule has 5 heterocycles. The number of aliphatic carboxylic acids is 2. The fraction of sp³-hybridized carbons (Fsp3) is 0.255. The third-order valence-corrected chi connectivity index (χ3v) is 22.1. The molecule has 5 N–H and O–H groups in total. The van der Waals surface area contributed by atoms with E-state index in [1.807, 2.05) is 25.1 Å². The van der Waals surface area contributed by atoms with Gasteiger partial charge in [-0.25, -0.2) is 13.2 Å². The number of rotatable bonds is 26. The predicted octanol–water partition coefficient (Wildman–Crippen LogP) is 24.1. The van der Waals surface area contributed by atoms with E-state index in [4.69, 9.17) is 29.2 Å². The molecule has 15 rings (SSSR count). The number of hydrogen-bond acceptors (Lipinski definition) is 20. The Labute approximate surface area is 776 Å². The molecule has 0 bridgehead atoms. The Bertz CT molecular complexity index is 6140. The van der Waals surface area contributed by atoms with Gasteiger partial charge in [0.2, 0.25) is 0 Å². The Morgan fingerprint density at radius 2 is 0.676 bits per heavy atom. The molecule has 38 heteroatoms. The van der Waals surface area contributed by atoms with Gasteiger partial charge in [-0.2, -0.15) is 73.1 Å². The minimum Gasteiger partial charge on any atom is -0.481 e. The largest absolute Gasteiger partial charge is 0.481 e. The molecule has 0 fully saturated rings. The fourth-order valence-corrected chi connectivity index (χ4v) is 15.5. The van der Waals surface area contributed by atoms with Gasteiger partial charge < -0.3 is 44.5 Å². The van der Waals surface area contributed by atoms with Gasteiger partial charge >= 0.3 is 36.6 Å². The van der Waals surface area contributed by atoms with Crippen LogP contribution in [0.4, 0.5) is 88.6 Å². The zero-order valence-corrected chi connectivity index (χ0v) is 74.5. The average molecular weight is 1960 g/mol. The lowest BCUT2D eigenvalue weighted by Crippen LogP contribution is -2.29. The van der Waals surface area contributed by atoms with Gasteiger partial charge in [-0.1, -0.05) is 46.3 Å². The van der Waals surface area contributed by atoms with Crippen molar-refractivity contribution < 1.29 is 130 Å². The summed E-state index contributed by atoms with van der Waals surface area (Å²) < 4.78 is 225. The molecule has 10 aromatic carbocycles. The van der Waals surface area contributed by atoms with E-state index < -0.39 is 127 Å². The van der Waals surface area contributed by atoms with E-state index in [1.165, 1.54) is 78.5 Å². The molecule has 4 unspecified atom stereocenters. The number of pyridine rings is 1. The number of carbonyl (C=O) groups excluding carboxylic acids is 2. The second-order valence-electron chi connectivity index (χ2n) is 32.0. The molecule has 0 amide bonds. The maximum atomic E-state index is 14.4. The van der Waals surface area contributed by atoms with Crippen LogP contribution in [0.2, 0.25) is 0 Å². The van der Waals surface area contributed by atoms with Gasteiger partial charge in [-0.05, 0) is 274 Å². The number of anilines is 4. The van der Waals surface area contributed by atoms with Crippen molar-refractivity contribution in [3.05, 3.63) is 280 Å². The number of alkyl halides is 12. The van der Waals surface area contributed by atoms with Crippen molar-refractivity contribution in [2.24, 2.45) is 20.4 Å². The number of carbonyl (C=O) groups is 4. The van der Waals surface area contributed by atoms with E-state index in [2.05, 4.69) is 41.3 Å². The molecule has 0 radical (unpaired) electrons. The Morgan fingerprint density at radius 3 is 1.00 bits per heavy atom. The number of ketones is 2. The highest BCUT2D eigenvalue weighted by atomic mass is 79.9. The minimum absolute atomic E-state index is 0.000576. The topological polar surface area (TPSA) is 282 Å². The molecule has 4 aliphatic rings. The number of benzene rings is 10. The second-order valence-corrected chi connectivity index (χ2v) is 32.9. The van der Waals surface area contributed by atoms with Gasteiger partial charge in [0, 0.05) is 59.7 Å². The molecule has 11 aromatic rings. The number of aryl methyl sites for hydroxylation is 4. The van der Waals surface area contributed by atoms with Crippen LogP contribution in [-0.4, -0.2) is 126 Å². The van der Waals surface area contributed by atoms with Crippen molar-refractivity contribution in [2.45, 2.75) is 162 Å². The van der Waals surface area contributed by atoms with Crippen molar-refractivity contribution in [3.8, 4) is 79.4 Å². The molecule has 0 spiro atoms. The van der Waals surface area contributed by atoms with E-state index in [9.17, 15) is 100 Å². The molecule has 4 atom stereocenters. The van der Waals surface area contributed by atoms with Crippen LogP contribution in [0.1, 0.15) is 104 Å². The summed E-state index contributed by atoms with van der Waals surface area (Å²) >= 11 is 3.39. The number of carboxylic acid groups (broad SMARTS) is 2. The second kappa shape index (κ2) is 43.1. The highest BCUT2D eigenvalue weighted by Gasteiger charge is 2.48. The Hall–Kier alpha value is -14.0. The lowest BCUT2D eigenvalue weighted by Gasteiger charge is -2.23. The van der Waals surface area contributed by atoms with E-state index in [0.29, 0.717) is 125 Å². The smallest absolute Gasteiger partial charge is 0.431 e. The number of hydrogen-bond donors (Lipinski definition) is 5. The molecule has 0 saturated heterocycles. The third kappa shape index (κ3) is 26.1. The van der Waals surface area contributed by atoms with Gasteiger partial charge in [-0.3, -0.25) is 44.2 Å². The minimum atomic E-state index is -4.64. The van der Waals surface area contributed by atoms with Gasteiger partial charge in [-0.15, -0.1) is 0 Å². The monoisotopic (exact) mass is 1960 g/mol. The van der Waals surface area contributed by atoms with Crippen molar-refractivity contribution >= 4 is 85.0 Å². The summed E-state index contributed by atoms with van der Waals surface area (Å²) in [5.41, 5.74) is 5.15. The molecule has 1 aromatic heterocycles. The highest BCUT2D eigenvalue weighted by Crippen LogP contribution is 2.43. The summed E-state index contributed by atoms with van der Waals surface area (Å²) in [5, 5.41) is 65.5. The van der Waals surface area contributed by atoms with Gasteiger partial charge in [0.1, 0.15) is 97.9 Å². The Morgan fingerprint density at radius 1 is 0.353 bits per heavy atom. The number of carboxylic acids is 2. The number of ether oxygens (including phenoxy) is 4. The van der Waals surface area contributed by atoms with Crippen LogP contribution in [-0.2, 0) is 39.0 Å². The average Bonchev–Trinajstić information content (AvgIpc) is 1.49. The number of aliphatic hydroxyl groups excluding tert-OH is 3. The highest BCUT2D eigenvalue weighted by molar-refractivity contribution is 9.10. The third-order valence-electron chi connectivity index (χ3n) is 21.6. The SMILES string of the molecule is CC(=O)CC1CC(C(F)(F)F)=NN1c1ccc(Oc2ccc(-c3cc(CO)ncc3F)cc2C)cc1.CC(=O)CC1CC(C(F)(F)F)=NN1c1ccc(Oc2ccc(Br)cc2C)cc1.Cc1cc(-c2cc(CO)ccc2F)ccc1Oc1ccc(N2N=C(C(F)(F)F)CC2CC(=O)O)cc1.Cc1cc(Oc2ccc(N3N=C(C(F)(F)F)CC3CC(=O)O)cc2)ccc1-c1cc(CO)ccc1F. The number of nitrogens with zero attached hydrogens (tertiary/aromatic N) is 9. The van der Waals surface area contributed by atoms with Crippen molar-refractivity contribution in [3.63, 3.8) is 0 Å². The molecular formula is C98H85BrF15N9O13. The first-order chi connectivity index (χ1) is 64.3.